The van der Waals surface area contributed by atoms with Gasteiger partial charge in [0.15, 0.2) is 5.65 Å². The number of likely N-dealkylation sites (tertiary alicyclic amines) is 1. The highest BCUT2D eigenvalue weighted by molar-refractivity contribution is 5.82. The third-order valence-electron chi connectivity index (χ3n) is 6.75. The minimum atomic E-state index is -0.0707. The summed E-state index contributed by atoms with van der Waals surface area (Å²) in [6, 6.07) is 3.87. The predicted molar refractivity (Wildman–Crippen MR) is 122 cm³/mol. The monoisotopic (exact) mass is 441 g/mol. The Morgan fingerprint density at radius 3 is 2.72 bits per heavy atom. The lowest BCUT2D eigenvalue weighted by Gasteiger charge is -2.37. The molecule has 9 heteroatoms. The van der Waals surface area contributed by atoms with Gasteiger partial charge in [-0.2, -0.15) is 4.52 Å². The number of nitrogens with zero attached hydrogens (tertiary/aromatic N) is 6. The molecule has 1 unspecified atom stereocenters. The lowest BCUT2D eigenvalue weighted by atomic mass is 9.92. The van der Waals surface area contributed by atoms with Crippen LogP contribution in [0, 0.1) is 11.8 Å². The summed E-state index contributed by atoms with van der Waals surface area (Å²) in [4.78, 5) is 29.9. The highest BCUT2D eigenvalue weighted by Gasteiger charge is 2.33. The molecule has 2 amide bonds. The van der Waals surface area contributed by atoms with Crippen molar-refractivity contribution >= 4 is 23.3 Å². The average Bonchev–Trinajstić information content (AvgIpc) is 3.31. The number of carbonyl (C=O) groups excluding carboxylic acids is 2. The summed E-state index contributed by atoms with van der Waals surface area (Å²) in [6.45, 7) is 5.86. The van der Waals surface area contributed by atoms with Crippen LogP contribution < -0.4 is 10.2 Å². The molecular weight excluding hydrogens is 406 g/mol. The van der Waals surface area contributed by atoms with E-state index in [-0.39, 0.29) is 23.7 Å². The van der Waals surface area contributed by atoms with Crippen LogP contribution in [0.3, 0.4) is 0 Å². The number of amides is 2. The van der Waals surface area contributed by atoms with Crippen LogP contribution in [0.15, 0.2) is 18.5 Å². The van der Waals surface area contributed by atoms with Gasteiger partial charge in [-0.15, -0.1) is 15.3 Å². The first-order valence-electron chi connectivity index (χ1n) is 12.1. The van der Waals surface area contributed by atoms with Gasteiger partial charge in [0, 0.05) is 38.6 Å². The quantitative estimate of drug-likeness (QED) is 0.632. The number of nitrogens with one attached hydrogen (secondary N) is 1. The summed E-state index contributed by atoms with van der Waals surface area (Å²) in [6.07, 6.45) is 9.61. The maximum atomic E-state index is 13.2. The Balaban J connectivity index is 1.24. The maximum absolute atomic E-state index is 13.2. The second kappa shape index (κ2) is 10.7. The number of rotatable bonds is 8. The fourth-order valence-electron chi connectivity index (χ4n) is 4.80. The summed E-state index contributed by atoms with van der Waals surface area (Å²) in [5.41, 5.74) is 0.725. The van der Waals surface area contributed by atoms with Gasteiger partial charge in [-0.3, -0.25) is 9.59 Å². The Bertz CT molecular complexity index is 907. The van der Waals surface area contributed by atoms with Crippen LogP contribution in [-0.2, 0) is 9.59 Å². The van der Waals surface area contributed by atoms with Gasteiger partial charge in [0.2, 0.25) is 11.8 Å². The van der Waals surface area contributed by atoms with Crippen molar-refractivity contribution in [3.05, 3.63) is 18.5 Å². The lowest BCUT2D eigenvalue weighted by Crippen LogP contribution is -2.49. The maximum Gasteiger partial charge on any atom is 0.225 e. The molecule has 0 aromatic carbocycles. The molecule has 4 rings (SSSR count). The van der Waals surface area contributed by atoms with E-state index >= 15 is 0 Å². The second-order valence-corrected chi connectivity index (χ2v) is 9.06. The molecule has 9 nitrogen and oxygen atoms in total. The van der Waals surface area contributed by atoms with Gasteiger partial charge >= 0.3 is 0 Å². The number of piperidine rings is 2. The molecule has 0 bridgehead atoms. The van der Waals surface area contributed by atoms with Crippen LogP contribution in [0.25, 0.3) is 5.65 Å². The molecule has 1 N–H and O–H groups in total. The minimum Gasteiger partial charge on any atom is -0.356 e. The standard InChI is InChI=1S/C23H35N7O2/c1-2-3-4-5-12-24-22(31)19-7-6-13-29(16-19)23(32)18-10-14-28(15-11-18)21-9-8-20-26-25-17-30(20)27-21/h8-9,17-19H,2-7,10-16H2,1H3,(H,24,31). The SMILES string of the molecule is CCCCCCNC(=O)C1CCCN(C(=O)C2CCN(c3ccc4nncn4n3)CC2)C1. The van der Waals surface area contributed by atoms with E-state index in [0.29, 0.717) is 6.54 Å². The second-order valence-electron chi connectivity index (χ2n) is 9.06. The first-order valence-corrected chi connectivity index (χ1v) is 12.1. The molecule has 174 valence electrons. The molecule has 2 aliphatic rings. The van der Waals surface area contributed by atoms with Crippen molar-refractivity contribution in [3.63, 3.8) is 0 Å². The molecule has 4 heterocycles. The summed E-state index contributed by atoms with van der Waals surface area (Å²) >= 11 is 0. The number of hydrogen-bond acceptors (Lipinski definition) is 6. The number of aromatic nitrogens is 4. The van der Waals surface area contributed by atoms with Gasteiger partial charge in [-0.1, -0.05) is 26.2 Å². The van der Waals surface area contributed by atoms with Gasteiger partial charge in [0.1, 0.15) is 12.1 Å². The number of unbranched alkanes of at least 4 members (excludes halogenated alkanes) is 3. The van der Waals surface area contributed by atoms with Crippen molar-refractivity contribution in [2.45, 2.75) is 58.3 Å². The normalized spacial score (nSPS) is 20.0. The number of fused-ring (bicyclic) bond motifs is 1. The first kappa shape index (κ1) is 22.5. The molecule has 32 heavy (non-hydrogen) atoms. The molecule has 2 fully saturated rings. The average molecular weight is 442 g/mol. The van der Waals surface area contributed by atoms with Gasteiger partial charge in [0.25, 0.3) is 0 Å². The highest BCUT2D eigenvalue weighted by atomic mass is 16.2. The molecule has 1 atom stereocenters. The summed E-state index contributed by atoms with van der Waals surface area (Å²) in [5.74, 6) is 1.17. The third-order valence-corrected chi connectivity index (χ3v) is 6.75. The number of anilines is 1. The van der Waals surface area contributed by atoms with Crippen LogP contribution in [0.2, 0.25) is 0 Å². The van der Waals surface area contributed by atoms with Gasteiger partial charge in [-0.25, -0.2) is 0 Å². The third kappa shape index (κ3) is 5.37. The van der Waals surface area contributed by atoms with E-state index in [1.165, 1.54) is 12.8 Å². The Morgan fingerprint density at radius 1 is 1.06 bits per heavy atom. The first-order chi connectivity index (χ1) is 15.7. The molecule has 2 saturated heterocycles. The zero-order valence-corrected chi connectivity index (χ0v) is 19.1. The summed E-state index contributed by atoms with van der Waals surface area (Å²) in [7, 11) is 0. The topological polar surface area (TPSA) is 95.7 Å². The highest BCUT2D eigenvalue weighted by Crippen LogP contribution is 2.26. The van der Waals surface area contributed by atoms with Gasteiger partial charge in [0.05, 0.1) is 5.92 Å². The lowest BCUT2D eigenvalue weighted by molar-refractivity contribution is -0.139. The van der Waals surface area contributed by atoms with Crippen molar-refractivity contribution in [2.75, 3.05) is 37.6 Å². The van der Waals surface area contributed by atoms with E-state index in [1.807, 2.05) is 17.0 Å². The summed E-state index contributed by atoms with van der Waals surface area (Å²) in [5, 5.41) is 15.5. The molecule has 2 aromatic heterocycles. The van der Waals surface area contributed by atoms with E-state index < -0.39 is 0 Å². The smallest absolute Gasteiger partial charge is 0.225 e. The Morgan fingerprint density at radius 2 is 1.91 bits per heavy atom. The predicted octanol–water partition coefficient (Wildman–Crippen LogP) is 2.28. The van der Waals surface area contributed by atoms with Crippen molar-refractivity contribution < 1.29 is 9.59 Å². The van der Waals surface area contributed by atoms with E-state index in [1.54, 1.807) is 10.8 Å². The summed E-state index contributed by atoms with van der Waals surface area (Å²) < 4.78 is 1.68. The molecule has 0 saturated carbocycles. The number of hydrogen-bond donors (Lipinski definition) is 1. The molecular formula is C23H35N7O2. The van der Waals surface area contributed by atoms with Crippen LogP contribution in [0.4, 0.5) is 5.82 Å². The van der Waals surface area contributed by atoms with E-state index in [2.05, 4.69) is 32.4 Å². The molecule has 2 aliphatic heterocycles. The van der Waals surface area contributed by atoms with Crippen molar-refractivity contribution in [1.29, 1.82) is 0 Å². The Hall–Kier alpha value is -2.71. The van der Waals surface area contributed by atoms with Crippen molar-refractivity contribution in [1.82, 2.24) is 30.0 Å². The molecule has 0 radical (unpaired) electrons. The fourth-order valence-corrected chi connectivity index (χ4v) is 4.80. The number of carbonyl (C=O) groups is 2. The fraction of sp³-hybridized carbons (Fsp3) is 0.696. The zero-order valence-electron chi connectivity index (χ0n) is 19.1. The van der Waals surface area contributed by atoms with E-state index in [0.717, 1.165) is 76.2 Å². The van der Waals surface area contributed by atoms with Crippen molar-refractivity contribution in [3.8, 4) is 0 Å². The van der Waals surface area contributed by atoms with Crippen LogP contribution >= 0.6 is 0 Å². The largest absolute Gasteiger partial charge is 0.356 e. The van der Waals surface area contributed by atoms with Crippen molar-refractivity contribution in [2.24, 2.45) is 11.8 Å². The van der Waals surface area contributed by atoms with Crippen LogP contribution in [0.1, 0.15) is 58.3 Å². The molecule has 2 aromatic rings. The van der Waals surface area contributed by atoms with Crippen LogP contribution in [0.5, 0.6) is 0 Å². The van der Waals surface area contributed by atoms with Gasteiger partial charge < -0.3 is 15.1 Å². The van der Waals surface area contributed by atoms with Crippen LogP contribution in [-0.4, -0.2) is 69.2 Å². The van der Waals surface area contributed by atoms with E-state index in [9.17, 15) is 9.59 Å². The minimum absolute atomic E-state index is 0.0285. The molecule has 0 aliphatic carbocycles. The van der Waals surface area contributed by atoms with E-state index in [4.69, 9.17) is 0 Å². The van der Waals surface area contributed by atoms with Gasteiger partial charge in [-0.05, 0) is 44.2 Å². The Kier molecular flexibility index (Phi) is 7.55. The zero-order chi connectivity index (χ0) is 22.3. The Labute approximate surface area is 189 Å². The molecule has 0 spiro atoms.